The first kappa shape index (κ1) is 14.0. The van der Waals surface area contributed by atoms with Crippen LogP contribution in [0.25, 0.3) is 0 Å². The maximum absolute atomic E-state index is 12.7. The van der Waals surface area contributed by atoms with Gasteiger partial charge in [0.2, 0.25) is 0 Å². The zero-order chi connectivity index (χ0) is 14.4. The van der Waals surface area contributed by atoms with Crippen LogP contribution in [0.15, 0.2) is 12.1 Å². The number of fused-ring (bicyclic) bond motifs is 2. The number of halogens is 2. The van der Waals surface area contributed by atoms with E-state index in [9.17, 15) is 9.90 Å². The largest absolute Gasteiger partial charge is 0.396 e. The van der Waals surface area contributed by atoms with E-state index in [1.807, 2.05) is 4.90 Å². The van der Waals surface area contributed by atoms with Crippen molar-refractivity contribution in [3.8, 4) is 0 Å². The molecule has 108 valence electrons. The van der Waals surface area contributed by atoms with Gasteiger partial charge in [-0.3, -0.25) is 4.79 Å². The molecule has 2 heterocycles. The van der Waals surface area contributed by atoms with Crippen molar-refractivity contribution in [2.24, 2.45) is 0 Å². The second kappa shape index (κ2) is 5.10. The molecule has 0 radical (unpaired) electrons. The third-order valence-corrected chi connectivity index (χ3v) is 4.89. The summed E-state index contributed by atoms with van der Waals surface area (Å²) in [6, 6.07) is 3.36. The summed E-state index contributed by atoms with van der Waals surface area (Å²) in [4.78, 5) is 14.5. The Hall–Kier alpha value is -0.970. The summed E-state index contributed by atoms with van der Waals surface area (Å²) in [7, 11) is 0. The first-order valence-corrected chi connectivity index (χ1v) is 7.48. The smallest absolute Gasteiger partial charge is 0.254 e. The Labute approximate surface area is 127 Å². The molecule has 1 amide bonds. The van der Waals surface area contributed by atoms with E-state index in [4.69, 9.17) is 28.9 Å². The highest BCUT2D eigenvalue weighted by Gasteiger charge is 2.43. The molecule has 6 heteroatoms. The molecule has 20 heavy (non-hydrogen) atoms. The molecule has 1 aromatic carbocycles. The van der Waals surface area contributed by atoms with Crippen molar-refractivity contribution in [1.82, 2.24) is 4.90 Å². The second-order valence-electron chi connectivity index (χ2n) is 5.58. The van der Waals surface area contributed by atoms with Gasteiger partial charge in [-0.2, -0.15) is 0 Å². The minimum absolute atomic E-state index is 0.0757. The number of hydrogen-bond donors (Lipinski definition) is 2. The molecule has 2 aliphatic rings. The standard InChI is InChI=1S/C14H16Cl2N2O2/c15-11-3-7(4-12(16)13(11)17)14(20)18-8-1-2-9(18)6-10(19)5-8/h3-4,8-10,19H,1-2,5-6,17H2. The Morgan fingerprint density at radius 3 is 2.20 bits per heavy atom. The summed E-state index contributed by atoms with van der Waals surface area (Å²) in [6.07, 6.45) is 2.90. The van der Waals surface area contributed by atoms with Gasteiger partial charge >= 0.3 is 0 Å². The molecule has 3 N–H and O–H groups in total. The highest BCUT2D eigenvalue weighted by molar-refractivity contribution is 6.39. The number of hydrogen-bond acceptors (Lipinski definition) is 3. The molecule has 2 fully saturated rings. The number of benzene rings is 1. The van der Waals surface area contributed by atoms with E-state index >= 15 is 0 Å². The Balaban J connectivity index is 1.90. The molecule has 2 aliphatic heterocycles. The number of amides is 1. The Kier molecular flexibility index (Phi) is 3.56. The van der Waals surface area contributed by atoms with E-state index in [-0.39, 0.29) is 24.1 Å². The fraction of sp³-hybridized carbons (Fsp3) is 0.500. The zero-order valence-corrected chi connectivity index (χ0v) is 12.4. The second-order valence-corrected chi connectivity index (χ2v) is 6.39. The van der Waals surface area contributed by atoms with Crippen molar-refractivity contribution < 1.29 is 9.90 Å². The number of nitrogens with zero attached hydrogens (tertiary/aromatic N) is 1. The molecule has 2 unspecified atom stereocenters. The molecule has 0 aromatic heterocycles. The van der Waals surface area contributed by atoms with Gasteiger partial charge in [0.1, 0.15) is 0 Å². The third-order valence-electron chi connectivity index (χ3n) is 4.27. The summed E-state index contributed by atoms with van der Waals surface area (Å²) < 4.78 is 0. The van der Waals surface area contributed by atoms with Crippen LogP contribution >= 0.6 is 23.2 Å². The highest BCUT2D eigenvalue weighted by atomic mass is 35.5. The van der Waals surface area contributed by atoms with Gasteiger partial charge < -0.3 is 15.7 Å². The van der Waals surface area contributed by atoms with Crippen molar-refractivity contribution in [3.05, 3.63) is 27.7 Å². The molecule has 2 bridgehead atoms. The lowest BCUT2D eigenvalue weighted by atomic mass is 9.98. The fourth-order valence-corrected chi connectivity index (χ4v) is 3.82. The maximum atomic E-state index is 12.7. The topological polar surface area (TPSA) is 66.6 Å². The van der Waals surface area contributed by atoms with E-state index < -0.39 is 0 Å². The maximum Gasteiger partial charge on any atom is 0.254 e. The number of aliphatic hydroxyl groups excluding tert-OH is 1. The highest BCUT2D eigenvalue weighted by Crippen LogP contribution is 2.38. The van der Waals surface area contributed by atoms with E-state index in [0.717, 1.165) is 12.8 Å². The number of aliphatic hydroxyl groups is 1. The van der Waals surface area contributed by atoms with Crippen molar-refractivity contribution in [1.29, 1.82) is 0 Å². The van der Waals surface area contributed by atoms with Crippen LogP contribution in [0, 0.1) is 0 Å². The number of piperidine rings is 1. The molecular weight excluding hydrogens is 299 g/mol. The van der Waals surface area contributed by atoms with Gasteiger partial charge in [0, 0.05) is 17.6 Å². The minimum Gasteiger partial charge on any atom is -0.396 e. The molecule has 2 saturated heterocycles. The Bertz CT molecular complexity index is 527. The van der Waals surface area contributed by atoms with E-state index in [1.54, 1.807) is 12.1 Å². The monoisotopic (exact) mass is 314 g/mol. The van der Waals surface area contributed by atoms with Crippen LogP contribution < -0.4 is 5.73 Å². The number of nitrogens with two attached hydrogens (primary N) is 1. The molecule has 4 nitrogen and oxygen atoms in total. The lowest BCUT2D eigenvalue weighted by Crippen LogP contribution is -2.48. The molecule has 0 spiro atoms. The van der Waals surface area contributed by atoms with Gasteiger partial charge in [-0.05, 0) is 37.8 Å². The summed E-state index contributed by atoms with van der Waals surface area (Å²) >= 11 is 12.0. The molecular formula is C14H16Cl2N2O2. The molecule has 0 aliphatic carbocycles. The number of nitrogen functional groups attached to an aromatic ring is 1. The van der Waals surface area contributed by atoms with Gasteiger partial charge in [0.25, 0.3) is 5.91 Å². The number of rotatable bonds is 1. The van der Waals surface area contributed by atoms with Gasteiger partial charge in [0.15, 0.2) is 0 Å². The first-order chi connectivity index (χ1) is 9.47. The number of carbonyl (C=O) groups is 1. The van der Waals surface area contributed by atoms with Crippen LogP contribution in [0.2, 0.25) is 10.0 Å². The average Bonchev–Trinajstić information content (AvgIpc) is 2.66. The molecule has 3 rings (SSSR count). The van der Waals surface area contributed by atoms with Crippen molar-refractivity contribution in [3.63, 3.8) is 0 Å². The predicted octanol–water partition coefficient (Wildman–Crippen LogP) is 2.70. The Morgan fingerprint density at radius 1 is 1.20 bits per heavy atom. The lowest BCUT2D eigenvalue weighted by Gasteiger charge is -2.37. The lowest BCUT2D eigenvalue weighted by molar-refractivity contribution is 0.0287. The van der Waals surface area contributed by atoms with Gasteiger partial charge in [-0.25, -0.2) is 0 Å². The van der Waals surface area contributed by atoms with Crippen molar-refractivity contribution in [2.75, 3.05) is 5.73 Å². The first-order valence-electron chi connectivity index (χ1n) is 6.72. The van der Waals surface area contributed by atoms with Crippen LogP contribution in [0.1, 0.15) is 36.0 Å². The van der Waals surface area contributed by atoms with Gasteiger partial charge in [-0.15, -0.1) is 0 Å². The van der Waals surface area contributed by atoms with Crippen LogP contribution in [-0.2, 0) is 0 Å². The van der Waals surface area contributed by atoms with Crippen molar-refractivity contribution >= 4 is 34.8 Å². The van der Waals surface area contributed by atoms with Crippen LogP contribution in [0.5, 0.6) is 0 Å². The zero-order valence-electron chi connectivity index (χ0n) is 10.9. The minimum atomic E-state index is -0.296. The average molecular weight is 315 g/mol. The van der Waals surface area contributed by atoms with E-state index in [0.29, 0.717) is 34.1 Å². The molecule has 0 saturated carbocycles. The summed E-state index contributed by atoms with van der Waals surface area (Å²) in [5, 5.41) is 10.4. The Morgan fingerprint density at radius 2 is 1.70 bits per heavy atom. The summed E-state index contributed by atoms with van der Waals surface area (Å²) in [5.74, 6) is -0.0757. The van der Waals surface area contributed by atoms with Crippen LogP contribution in [0.4, 0.5) is 5.69 Å². The van der Waals surface area contributed by atoms with E-state index in [1.165, 1.54) is 0 Å². The molecule has 1 aromatic rings. The number of carbonyl (C=O) groups excluding carboxylic acids is 1. The summed E-state index contributed by atoms with van der Waals surface area (Å²) in [6.45, 7) is 0. The molecule has 2 atom stereocenters. The third kappa shape index (κ3) is 2.26. The fourth-order valence-electron chi connectivity index (χ4n) is 3.34. The van der Waals surface area contributed by atoms with Crippen LogP contribution in [-0.4, -0.2) is 34.1 Å². The quantitative estimate of drug-likeness (QED) is 0.783. The van der Waals surface area contributed by atoms with Crippen LogP contribution in [0.3, 0.4) is 0 Å². The van der Waals surface area contributed by atoms with Gasteiger partial charge in [0.05, 0.1) is 21.8 Å². The van der Waals surface area contributed by atoms with E-state index in [2.05, 4.69) is 0 Å². The predicted molar refractivity (Wildman–Crippen MR) is 79.1 cm³/mol. The van der Waals surface area contributed by atoms with Gasteiger partial charge in [-0.1, -0.05) is 23.2 Å². The van der Waals surface area contributed by atoms with Crippen molar-refractivity contribution in [2.45, 2.75) is 43.9 Å². The SMILES string of the molecule is Nc1c(Cl)cc(C(=O)N2C3CCC2CC(O)C3)cc1Cl. The normalized spacial score (nSPS) is 28.8. The number of anilines is 1. The summed E-state index contributed by atoms with van der Waals surface area (Å²) in [5.41, 5.74) is 6.45.